The molecule has 1 aliphatic rings. The number of hydrogen-bond acceptors (Lipinski definition) is 8. The maximum atomic E-state index is 14.2. The second kappa shape index (κ2) is 9.35. The Kier molecular flexibility index (Phi) is 6.35. The Morgan fingerprint density at radius 2 is 1.75 bits per heavy atom. The molecule has 3 heterocycles. The van der Waals surface area contributed by atoms with Crippen molar-refractivity contribution in [3.05, 3.63) is 48.5 Å². The first-order valence-corrected chi connectivity index (χ1v) is 9.95. The molecule has 0 radical (unpaired) electrons. The van der Waals surface area contributed by atoms with E-state index < -0.39 is 12.6 Å². The van der Waals surface area contributed by atoms with E-state index in [1.54, 1.807) is 18.2 Å². The summed E-state index contributed by atoms with van der Waals surface area (Å²) in [6.07, 6.45) is 1.47. The SMILES string of the molecule is C[C@@H]1CN(c2nc(F)cc(Nc3cc(-c4ccc(OC(F)F)cc4)cnn3)n2)C[C@H](C)O1. The Bertz CT molecular complexity index is 1060. The summed E-state index contributed by atoms with van der Waals surface area (Å²) in [6.45, 7) is 2.09. The number of benzene rings is 1. The lowest BCUT2D eigenvalue weighted by Gasteiger charge is -2.35. The molecule has 0 unspecified atom stereocenters. The van der Waals surface area contributed by atoms with Gasteiger partial charge in [0.2, 0.25) is 11.9 Å². The summed E-state index contributed by atoms with van der Waals surface area (Å²) in [4.78, 5) is 10.2. The Hall–Kier alpha value is -3.47. The molecule has 0 spiro atoms. The summed E-state index contributed by atoms with van der Waals surface area (Å²) in [5, 5.41) is 10.9. The zero-order valence-electron chi connectivity index (χ0n) is 17.4. The number of aromatic nitrogens is 4. The lowest BCUT2D eigenvalue weighted by molar-refractivity contribution is -0.0498. The van der Waals surface area contributed by atoms with Gasteiger partial charge in [-0.15, -0.1) is 5.10 Å². The minimum atomic E-state index is -2.89. The Labute approximate surface area is 182 Å². The normalized spacial score (nSPS) is 18.6. The molecular formula is C21H21F3N6O2. The number of ether oxygens (including phenoxy) is 2. The Balaban J connectivity index is 1.53. The summed E-state index contributed by atoms with van der Waals surface area (Å²) < 4.78 is 48.9. The van der Waals surface area contributed by atoms with Crippen LogP contribution in [0.15, 0.2) is 42.6 Å². The molecule has 1 aromatic carbocycles. The largest absolute Gasteiger partial charge is 0.435 e. The monoisotopic (exact) mass is 446 g/mol. The van der Waals surface area contributed by atoms with Crippen LogP contribution in [0, 0.1) is 5.95 Å². The number of anilines is 3. The number of hydrogen-bond donors (Lipinski definition) is 1. The molecule has 32 heavy (non-hydrogen) atoms. The quantitative estimate of drug-likeness (QED) is 0.568. The van der Waals surface area contributed by atoms with Gasteiger partial charge in [-0.25, -0.2) is 0 Å². The molecule has 11 heteroatoms. The zero-order chi connectivity index (χ0) is 22.7. The van der Waals surface area contributed by atoms with Gasteiger partial charge in [0.1, 0.15) is 11.6 Å². The molecule has 168 valence electrons. The van der Waals surface area contributed by atoms with Crippen molar-refractivity contribution in [1.29, 1.82) is 0 Å². The van der Waals surface area contributed by atoms with Crippen molar-refractivity contribution in [2.24, 2.45) is 0 Å². The van der Waals surface area contributed by atoms with Gasteiger partial charge in [-0.2, -0.15) is 28.2 Å². The zero-order valence-corrected chi connectivity index (χ0v) is 17.4. The summed E-state index contributed by atoms with van der Waals surface area (Å²) >= 11 is 0. The number of alkyl halides is 2. The molecule has 2 atom stereocenters. The molecular weight excluding hydrogens is 425 g/mol. The van der Waals surface area contributed by atoms with E-state index in [2.05, 4.69) is 30.2 Å². The summed E-state index contributed by atoms with van der Waals surface area (Å²) in [7, 11) is 0. The van der Waals surface area contributed by atoms with Crippen LogP contribution in [-0.4, -0.2) is 52.1 Å². The van der Waals surface area contributed by atoms with Gasteiger partial charge in [-0.1, -0.05) is 12.1 Å². The number of rotatable bonds is 6. The Morgan fingerprint density at radius 3 is 2.44 bits per heavy atom. The number of nitrogens with one attached hydrogen (secondary N) is 1. The third-order valence-corrected chi connectivity index (χ3v) is 4.71. The predicted molar refractivity (Wildman–Crippen MR) is 112 cm³/mol. The molecule has 8 nitrogen and oxygen atoms in total. The third-order valence-electron chi connectivity index (χ3n) is 4.71. The molecule has 0 bridgehead atoms. The first-order valence-electron chi connectivity index (χ1n) is 9.95. The van der Waals surface area contributed by atoms with E-state index in [1.165, 1.54) is 24.4 Å². The molecule has 0 saturated carbocycles. The van der Waals surface area contributed by atoms with Crippen molar-refractivity contribution in [2.75, 3.05) is 23.3 Å². The highest BCUT2D eigenvalue weighted by Crippen LogP contribution is 2.26. The lowest BCUT2D eigenvalue weighted by Crippen LogP contribution is -2.46. The van der Waals surface area contributed by atoms with Gasteiger partial charge in [0.25, 0.3) is 0 Å². The third kappa shape index (κ3) is 5.41. The van der Waals surface area contributed by atoms with Crippen LogP contribution in [0.3, 0.4) is 0 Å². The molecule has 1 fully saturated rings. The van der Waals surface area contributed by atoms with Crippen LogP contribution in [0.2, 0.25) is 0 Å². The van der Waals surface area contributed by atoms with E-state index in [9.17, 15) is 13.2 Å². The highest BCUT2D eigenvalue weighted by atomic mass is 19.3. The standard InChI is InChI=1S/C21H21F3N6O2/c1-12-10-30(11-13(2)31-12)21-26-17(22)8-18(28-21)27-19-7-15(9-25-29-19)14-3-5-16(6-4-14)32-20(23)24/h3-9,12-13,20H,10-11H2,1-2H3,(H,26,27,28,29)/t12-,13+. The molecule has 1 N–H and O–H groups in total. The fourth-order valence-corrected chi connectivity index (χ4v) is 3.50. The summed E-state index contributed by atoms with van der Waals surface area (Å²) in [5.74, 6) is 0.200. The van der Waals surface area contributed by atoms with Crippen molar-refractivity contribution < 1.29 is 22.6 Å². The van der Waals surface area contributed by atoms with Crippen LogP contribution >= 0.6 is 0 Å². The van der Waals surface area contributed by atoms with E-state index >= 15 is 0 Å². The summed E-state index contributed by atoms with van der Waals surface area (Å²) in [6, 6.07) is 8.98. The second-order valence-corrected chi connectivity index (χ2v) is 7.40. The lowest BCUT2D eigenvalue weighted by atomic mass is 10.1. The number of morpholine rings is 1. The highest BCUT2D eigenvalue weighted by Gasteiger charge is 2.25. The van der Waals surface area contributed by atoms with Crippen LogP contribution < -0.4 is 15.0 Å². The van der Waals surface area contributed by atoms with Crippen molar-refractivity contribution in [3.8, 4) is 16.9 Å². The van der Waals surface area contributed by atoms with Gasteiger partial charge >= 0.3 is 6.61 Å². The Morgan fingerprint density at radius 1 is 1.03 bits per heavy atom. The minimum absolute atomic E-state index is 0.0259. The van der Waals surface area contributed by atoms with Gasteiger partial charge in [0, 0.05) is 24.7 Å². The molecule has 3 aromatic rings. The smallest absolute Gasteiger partial charge is 0.387 e. The molecule has 1 saturated heterocycles. The van der Waals surface area contributed by atoms with E-state index in [-0.39, 0.29) is 29.7 Å². The molecule has 0 aliphatic carbocycles. The first kappa shape index (κ1) is 21.8. The predicted octanol–water partition coefficient (Wildman–Crippen LogP) is 4.03. The average Bonchev–Trinajstić information content (AvgIpc) is 2.73. The van der Waals surface area contributed by atoms with Gasteiger partial charge < -0.3 is 19.7 Å². The molecule has 2 aromatic heterocycles. The second-order valence-electron chi connectivity index (χ2n) is 7.40. The van der Waals surface area contributed by atoms with E-state index in [0.717, 1.165) is 5.56 Å². The minimum Gasteiger partial charge on any atom is -0.435 e. The van der Waals surface area contributed by atoms with Gasteiger partial charge in [0.05, 0.1) is 18.4 Å². The first-order chi connectivity index (χ1) is 15.4. The topological polar surface area (TPSA) is 85.3 Å². The summed E-state index contributed by atoms with van der Waals surface area (Å²) in [5.41, 5.74) is 1.40. The molecule has 0 amide bonds. The fourth-order valence-electron chi connectivity index (χ4n) is 3.50. The van der Waals surface area contributed by atoms with Gasteiger partial charge in [0.15, 0.2) is 5.82 Å². The van der Waals surface area contributed by atoms with E-state index in [0.29, 0.717) is 24.5 Å². The number of halogens is 3. The van der Waals surface area contributed by atoms with Crippen molar-refractivity contribution >= 4 is 17.6 Å². The molecule has 1 aliphatic heterocycles. The van der Waals surface area contributed by atoms with Crippen molar-refractivity contribution in [3.63, 3.8) is 0 Å². The van der Waals surface area contributed by atoms with E-state index in [4.69, 9.17) is 4.74 Å². The van der Waals surface area contributed by atoms with E-state index in [1.807, 2.05) is 18.7 Å². The van der Waals surface area contributed by atoms with Gasteiger partial charge in [-0.05, 0) is 37.6 Å². The number of nitrogens with zero attached hydrogens (tertiary/aromatic N) is 5. The molecule has 4 rings (SSSR count). The maximum Gasteiger partial charge on any atom is 0.387 e. The van der Waals surface area contributed by atoms with Crippen LogP contribution in [-0.2, 0) is 4.74 Å². The van der Waals surface area contributed by atoms with Crippen molar-refractivity contribution in [1.82, 2.24) is 20.2 Å². The van der Waals surface area contributed by atoms with Crippen LogP contribution in [0.4, 0.5) is 30.8 Å². The maximum absolute atomic E-state index is 14.2. The van der Waals surface area contributed by atoms with Crippen molar-refractivity contribution in [2.45, 2.75) is 32.7 Å². The van der Waals surface area contributed by atoms with Crippen LogP contribution in [0.1, 0.15) is 13.8 Å². The van der Waals surface area contributed by atoms with Crippen LogP contribution in [0.5, 0.6) is 5.75 Å². The average molecular weight is 446 g/mol. The highest BCUT2D eigenvalue weighted by molar-refractivity contribution is 5.67. The fraction of sp³-hybridized carbons (Fsp3) is 0.333. The van der Waals surface area contributed by atoms with Gasteiger partial charge in [-0.3, -0.25) is 0 Å². The van der Waals surface area contributed by atoms with Crippen LogP contribution in [0.25, 0.3) is 11.1 Å².